The summed E-state index contributed by atoms with van der Waals surface area (Å²) in [4.78, 5) is 10.2. The SMILES string of the molecule is C=C/C(=C\C=C(/CC)c1c[nH]c2ncc(Br)cc12)OCCCN1CCCCC1. The number of nitrogens with one attached hydrogen (secondary N) is 1. The first-order chi connectivity index (χ1) is 13.7. The predicted molar refractivity (Wildman–Crippen MR) is 121 cm³/mol. The molecule has 0 amide bonds. The number of pyridine rings is 1. The van der Waals surface area contributed by atoms with Crippen molar-refractivity contribution >= 4 is 32.5 Å². The van der Waals surface area contributed by atoms with Crippen LogP contribution in [0, 0.1) is 0 Å². The quantitative estimate of drug-likeness (QED) is 0.290. The van der Waals surface area contributed by atoms with Crippen LogP contribution in [0.4, 0.5) is 0 Å². The molecule has 1 aliphatic rings. The number of rotatable bonds is 9. The maximum atomic E-state index is 5.95. The topological polar surface area (TPSA) is 41.1 Å². The molecule has 2 aromatic rings. The summed E-state index contributed by atoms with van der Waals surface area (Å²) >= 11 is 3.52. The lowest BCUT2D eigenvalue weighted by atomic mass is 10.0. The molecule has 0 bridgehead atoms. The zero-order chi connectivity index (χ0) is 19.8. The van der Waals surface area contributed by atoms with Crippen LogP contribution in [0.1, 0.15) is 44.6 Å². The lowest BCUT2D eigenvalue weighted by Gasteiger charge is -2.26. The van der Waals surface area contributed by atoms with Gasteiger partial charge in [0.1, 0.15) is 11.4 Å². The number of hydrogen-bond donors (Lipinski definition) is 1. The van der Waals surface area contributed by atoms with E-state index in [1.54, 1.807) is 6.08 Å². The fourth-order valence-corrected chi connectivity index (χ4v) is 3.99. The van der Waals surface area contributed by atoms with E-state index in [2.05, 4.69) is 56.4 Å². The average Bonchev–Trinajstić information content (AvgIpc) is 3.13. The van der Waals surface area contributed by atoms with Gasteiger partial charge in [-0.05, 0) is 78.5 Å². The first kappa shape index (κ1) is 20.9. The highest BCUT2D eigenvalue weighted by atomic mass is 79.9. The van der Waals surface area contributed by atoms with Gasteiger partial charge in [0.05, 0.1) is 6.61 Å². The Bertz CT molecular complexity index is 847. The fourth-order valence-electron chi connectivity index (χ4n) is 3.66. The van der Waals surface area contributed by atoms with Crippen LogP contribution in [0.15, 0.2) is 53.5 Å². The molecule has 4 nitrogen and oxygen atoms in total. The molecule has 2 aromatic heterocycles. The Labute approximate surface area is 176 Å². The second-order valence-corrected chi connectivity index (χ2v) is 8.09. The van der Waals surface area contributed by atoms with Crippen LogP contribution in [-0.4, -0.2) is 41.1 Å². The number of H-pyrrole nitrogens is 1. The number of aromatic amines is 1. The van der Waals surface area contributed by atoms with Gasteiger partial charge in [-0.25, -0.2) is 4.98 Å². The van der Waals surface area contributed by atoms with Crippen molar-refractivity contribution in [3.8, 4) is 0 Å². The molecular formula is C23H30BrN3O. The van der Waals surface area contributed by atoms with Crippen molar-refractivity contribution in [1.29, 1.82) is 0 Å². The van der Waals surface area contributed by atoms with Gasteiger partial charge in [-0.1, -0.05) is 26.0 Å². The van der Waals surface area contributed by atoms with Gasteiger partial charge in [-0.2, -0.15) is 0 Å². The van der Waals surface area contributed by atoms with E-state index in [-0.39, 0.29) is 0 Å². The highest BCUT2D eigenvalue weighted by Gasteiger charge is 2.10. The number of hydrogen-bond acceptors (Lipinski definition) is 3. The number of allylic oxidation sites excluding steroid dienone is 4. The average molecular weight is 444 g/mol. The predicted octanol–water partition coefficient (Wildman–Crippen LogP) is 6.08. The number of fused-ring (bicyclic) bond motifs is 1. The molecule has 0 aromatic carbocycles. The van der Waals surface area contributed by atoms with Gasteiger partial charge in [0.15, 0.2) is 0 Å². The molecule has 0 atom stereocenters. The van der Waals surface area contributed by atoms with Gasteiger partial charge >= 0.3 is 0 Å². The summed E-state index contributed by atoms with van der Waals surface area (Å²) in [6.45, 7) is 10.4. The summed E-state index contributed by atoms with van der Waals surface area (Å²) in [5.41, 5.74) is 3.32. The first-order valence-electron chi connectivity index (χ1n) is 10.2. The molecular weight excluding hydrogens is 414 g/mol. The molecule has 1 N–H and O–H groups in total. The summed E-state index contributed by atoms with van der Waals surface area (Å²) in [7, 11) is 0. The van der Waals surface area contributed by atoms with Crippen molar-refractivity contribution < 1.29 is 4.74 Å². The van der Waals surface area contributed by atoms with E-state index in [9.17, 15) is 0 Å². The second kappa shape index (κ2) is 10.6. The Morgan fingerprint density at radius 2 is 2.14 bits per heavy atom. The molecule has 0 unspecified atom stereocenters. The number of likely N-dealkylation sites (tertiary alicyclic amines) is 1. The van der Waals surface area contributed by atoms with Crippen LogP contribution in [0.2, 0.25) is 0 Å². The summed E-state index contributed by atoms with van der Waals surface area (Å²) < 4.78 is 6.93. The van der Waals surface area contributed by atoms with E-state index < -0.39 is 0 Å². The Morgan fingerprint density at radius 1 is 1.32 bits per heavy atom. The van der Waals surface area contributed by atoms with Crippen molar-refractivity contribution in [2.45, 2.75) is 39.0 Å². The Morgan fingerprint density at radius 3 is 2.89 bits per heavy atom. The van der Waals surface area contributed by atoms with Crippen LogP contribution < -0.4 is 0 Å². The fraction of sp³-hybridized carbons (Fsp3) is 0.435. The van der Waals surface area contributed by atoms with E-state index in [1.165, 1.54) is 43.5 Å². The van der Waals surface area contributed by atoms with Crippen molar-refractivity contribution in [3.05, 3.63) is 59.1 Å². The van der Waals surface area contributed by atoms with Gasteiger partial charge in [0.2, 0.25) is 0 Å². The Hall–Kier alpha value is -1.85. The third-order valence-electron chi connectivity index (χ3n) is 5.21. The monoisotopic (exact) mass is 443 g/mol. The zero-order valence-electron chi connectivity index (χ0n) is 16.7. The van der Waals surface area contributed by atoms with Crippen LogP contribution in [0.3, 0.4) is 0 Å². The molecule has 0 aliphatic carbocycles. The number of piperidine rings is 1. The van der Waals surface area contributed by atoms with Gasteiger partial charge in [0.25, 0.3) is 0 Å². The molecule has 1 fully saturated rings. The van der Waals surface area contributed by atoms with Crippen molar-refractivity contribution in [2.75, 3.05) is 26.2 Å². The van der Waals surface area contributed by atoms with Gasteiger partial charge in [0, 0.05) is 34.4 Å². The van der Waals surface area contributed by atoms with E-state index in [0.29, 0.717) is 0 Å². The number of nitrogens with zero attached hydrogens (tertiary/aromatic N) is 2. The largest absolute Gasteiger partial charge is 0.494 e. The highest BCUT2D eigenvalue weighted by molar-refractivity contribution is 9.10. The molecule has 0 saturated carbocycles. The third kappa shape index (κ3) is 5.58. The van der Waals surface area contributed by atoms with E-state index in [0.717, 1.165) is 47.3 Å². The first-order valence-corrected chi connectivity index (χ1v) is 11.0. The Balaban J connectivity index is 1.62. The number of halogens is 1. The minimum atomic E-state index is 0.730. The summed E-state index contributed by atoms with van der Waals surface area (Å²) in [6.07, 6.45) is 15.8. The number of ether oxygens (including phenoxy) is 1. The molecule has 3 rings (SSSR count). The highest BCUT2D eigenvalue weighted by Crippen LogP contribution is 2.28. The third-order valence-corrected chi connectivity index (χ3v) is 5.64. The summed E-state index contributed by atoms with van der Waals surface area (Å²) in [5.74, 6) is 0.823. The summed E-state index contributed by atoms with van der Waals surface area (Å²) in [6, 6.07) is 2.10. The molecule has 0 radical (unpaired) electrons. The van der Waals surface area contributed by atoms with Crippen molar-refractivity contribution in [2.24, 2.45) is 0 Å². The standard InChI is InChI=1S/C23H30BrN3O/c1-3-18(22-17-26-23-21(22)15-19(24)16-25-23)9-10-20(4-2)28-14-8-13-27-11-6-5-7-12-27/h4,9-10,15-17H,2-3,5-8,11-14H2,1H3,(H,25,26)/b18-9+,20-10+. The molecule has 1 aliphatic heterocycles. The van der Waals surface area contributed by atoms with Crippen LogP contribution in [0.5, 0.6) is 0 Å². The zero-order valence-corrected chi connectivity index (χ0v) is 18.3. The lowest BCUT2D eigenvalue weighted by Crippen LogP contribution is -2.31. The molecule has 0 spiro atoms. The van der Waals surface area contributed by atoms with Crippen molar-refractivity contribution in [1.82, 2.24) is 14.9 Å². The maximum absolute atomic E-state index is 5.95. The Kier molecular flexibility index (Phi) is 7.92. The minimum absolute atomic E-state index is 0.730. The maximum Gasteiger partial charge on any atom is 0.137 e. The molecule has 5 heteroatoms. The molecule has 3 heterocycles. The van der Waals surface area contributed by atoms with E-state index in [1.807, 2.05) is 18.5 Å². The minimum Gasteiger partial charge on any atom is -0.494 e. The van der Waals surface area contributed by atoms with Crippen molar-refractivity contribution in [3.63, 3.8) is 0 Å². The summed E-state index contributed by atoms with van der Waals surface area (Å²) in [5, 5.41) is 1.12. The van der Waals surface area contributed by atoms with Gasteiger partial charge in [-0.15, -0.1) is 0 Å². The second-order valence-electron chi connectivity index (χ2n) is 7.17. The molecule has 28 heavy (non-hydrogen) atoms. The molecule has 1 saturated heterocycles. The molecule has 150 valence electrons. The van der Waals surface area contributed by atoms with Gasteiger partial charge < -0.3 is 14.6 Å². The number of aromatic nitrogens is 2. The van der Waals surface area contributed by atoms with E-state index >= 15 is 0 Å². The lowest BCUT2D eigenvalue weighted by molar-refractivity contribution is 0.176. The smallest absolute Gasteiger partial charge is 0.137 e. The van der Waals surface area contributed by atoms with Crippen LogP contribution >= 0.6 is 15.9 Å². The van der Waals surface area contributed by atoms with E-state index in [4.69, 9.17) is 4.74 Å². The van der Waals surface area contributed by atoms with Gasteiger partial charge in [-0.3, -0.25) is 0 Å². The normalized spacial score (nSPS) is 16.5. The van der Waals surface area contributed by atoms with Crippen LogP contribution in [0.25, 0.3) is 16.6 Å². The van der Waals surface area contributed by atoms with Crippen LogP contribution in [-0.2, 0) is 4.74 Å².